The molecule has 0 spiro atoms. The summed E-state index contributed by atoms with van der Waals surface area (Å²) >= 11 is 0. The number of piperidine rings is 1. The van der Waals surface area contributed by atoms with Gasteiger partial charge in [0.25, 0.3) is 5.92 Å². The highest BCUT2D eigenvalue weighted by molar-refractivity contribution is 4.92. The number of nitrogens with zero attached hydrogens (tertiary/aromatic N) is 1. The summed E-state index contributed by atoms with van der Waals surface area (Å²) in [5.74, 6) is -2.78. The molecule has 1 saturated carbocycles. The second kappa shape index (κ2) is 4.00. The van der Waals surface area contributed by atoms with Gasteiger partial charge in [-0.25, -0.2) is 8.78 Å². The van der Waals surface area contributed by atoms with E-state index in [1.807, 2.05) is 18.7 Å². The van der Waals surface area contributed by atoms with E-state index in [0.29, 0.717) is 12.5 Å². The van der Waals surface area contributed by atoms with E-state index < -0.39 is 11.8 Å². The Bertz CT molecular complexity index is 224. The van der Waals surface area contributed by atoms with E-state index in [1.54, 1.807) is 0 Å². The average molecular weight is 217 g/mol. The van der Waals surface area contributed by atoms with Crippen LogP contribution in [0.1, 0.15) is 39.5 Å². The minimum Gasteiger partial charge on any atom is -0.294 e. The third-order valence-corrected chi connectivity index (χ3v) is 4.08. The van der Waals surface area contributed by atoms with E-state index in [9.17, 15) is 8.78 Å². The van der Waals surface area contributed by atoms with E-state index in [-0.39, 0.29) is 12.5 Å². The molecule has 15 heavy (non-hydrogen) atoms. The van der Waals surface area contributed by atoms with Crippen molar-refractivity contribution in [2.24, 2.45) is 11.8 Å². The topological polar surface area (TPSA) is 3.24 Å². The summed E-state index contributed by atoms with van der Waals surface area (Å²) in [7, 11) is 0. The van der Waals surface area contributed by atoms with Crippen LogP contribution in [0.4, 0.5) is 8.78 Å². The van der Waals surface area contributed by atoms with Crippen molar-refractivity contribution in [1.29, 1.82) is 0 Å². The van der Waals surface area contributed by atoms with E-state index in [0.717, 1.165) is 19.4 Å². The Morgan fingerprint density at radius 2 is 1.87 bits per heavy atom. The Balaban J connectivity index is 1.97. The molecular formula is C12H21F2N. The first-order chi connectivity index (χ1) is 7.00. The van der Waals surface area contributed by atoms with Gasteiger partial charge in [-0.3, -0.25) is 4.90 Å². The molecular weight excluding hydrogens is 196 g/mol. The number of rotatable bonds is 2. The lowest BCUT2D eigenvalue weighted by molar-refractivity contribution is -0.138. The van der Waals surface area contributed by atoms with Gasteiger partial charge in [0, 0.05) is 12.0 Å². The molecule has 1 unspecified atom stereocenters. The van der Waals surface area contributed by atoms with Crippen molar-refractivity contribution in [2.45, 2.75) is 51.5 Å². The molecule has 2 rings (SSSR count). The van der Waals surface area contributed by atoms with Crippen molar-refractivity contribution >= 4 is 0 Å². The first-order valence-corrected chi connectivity index (χ1v) is 6.12. The summed E-state index contributed by atoms with van der Waals surface area (Å²) in [6, 6.07) is 0.462. The van der Waals surface area contributed by atoms with Crippen molar-refractivity contribution in [3.63, 3.8) is 0 Å². The average Bonchev–Trinajstić information content (AvgIpc) is 1.97. The molecule has 2 fully saturated rings. The molecule has 1 aliphatic heterocycles. The predicted octanol–water partition coefficient (Wildman–Crippen LogP) is 3.15. The Hall–Kier alpha value is -0.180. The molecule has 0 aromatic rings. The first-order valence-electron chi connectivity index (χ1n) is 6.12. The number of alkyl halides is 2. The van der Waals surface area contributed by atoms with Crippen LogP contribution in [-0.4, -0.2) is 30.0 Å². The molecule has 0 radical (unpaired) electrons. The van der Waals surface area contributed by atoms with Crippen molar-refractivity contribution in [2.75, 3.05) is 13.1 Å². The maximum Gasteiger partial charge on any atom is 0.263 e. The van der Waals surface area contributed by atoms with Crippen LogP contribution in [0.15, 0.2) is 0 Å². The predicted molar refractivity (Wildman–Crippen MR) is 57.1 cm³/mol. The Morgan fingerprint density at radius 3 is 2.27 bits per heavy atom. The van der Waals surface area contributed by atoms with Crippen LogP contribution in [0.2, 0.25) is 0 Å². The molecule has 3 heteroatoms. The van der Waals surface area contributed by atoms with Gasteiger partial charge in [-0.15, -0.1) is 0 Å². The molecule has 1 aliphatic carbocycles. The number of likely N-dealkylation sites (tertiary alicyclic amines) is 1. The molecule has 1 atom stereocenters. The Kier molecular flexibility index (Phi) is 3.02. The monoisotopic (exact) mass is 217 g/mol. The largest absolute Gasteiger partial charge is 0.294 e. The maximum absolute atomic E-state index is 13.8. The van der Waals surface area contributed by atoms with Crippen LogP contribution in [0, 0.1) is 11.8 Å². The second-order valence-corrected chi connectivity index (χ2v) is 5.46. The summed E-state index contributed by atoms with van der Waals surface area (Å²) < 4.78 is 27.7. The van der Waals surface area contributed by atoms with Gasteiger partial charge in [0.05, 0.1) is 6.54 Å². The summed E-state index contributed by atoms with van der Waals surface area (Å²) in [4.78, 5) is 2.02. The van der Waals surface area contributed by atoms with Gasteiger partial charge in [-0.05, 0) is 31.7 Å². The first kappa shape index (κ1) is 11.3. The molecule has 0 amide bonds. The van der Waals surface area contributed by atoms with E-state index in [2.05, 4.69) is 0 Å². The zero-order valence-corrected chi connectivity index (χ0v) is 9.68. The zero-order chi connectivity index (χ0) is 11.1. The lowest BCUT2D eigenvalue weighted by Gasteiger charge is -2.46. The van der Waals surface area contributed by atoms with Crippen LogP contribution in [0.3, 0.4) is 0 Å². The smallest absolute Gasteiger partial charge is 0.263 e. The zero-order valence-electron chi connectivity index (χ0n) is 9.68. The fourth-order valence-corrected chi connectivity index (χ4v) is 2.87. The number of hydrogen-bond acceptors (Lipinski definition) is 1. The quantitative estimate of drug-likeness (QED) is 0.686. The lowest BCUT2D eigenvalue weighted by atomic mass is 9.81. The molecule has 88 valence electrons. The third-order valence-electron chi connectivity index (χ3n) is 4.08. The van der Waals surface area contributed by atoms with Gasteiger partial charge in [-0.1, -0.05) is 20.3 Å². The van der Waals surface area contributed by atoms with Crippen molar-refractivity contribution in [3.05, 3.63) is 0 Å². The van der Waals surface area contributed by atoms with Gasteiger partial charge >= 0.3 is 0 Å². The maximum atomic E-state index is 13.8. The van der Waals surface area contributed by atoms with Crippen molar-refractivity contribution in [1.82, 2.24) is 4.90 Å². The van der Waals surface area contributed by atoms with Gasteiger partial charge in [0.1, 0.15) is 0 Å². The fourth-order valence-electron chi connectivity index (χ4n) is 2.87. The highest BCUT2D eigenvalue weighted by Crippen LogP contribution is 2.40. The standard InChI is InChI=1S/C12H21F2N/c1-9(2)11-6-7-15(8-12(11,13)14)10-4-3-5-10/h9-11H,3-8H2,1-2H3. The molecule has 0 aromatic carbocycles. The molecule has 0 N–H and O–H groups in total. The van der Waals surface area contributed by atoms with E-state index in [4.69, 9.17) is 0 Å². The molecule has 1 heterocycles. The minimum absolute atomic E-state index is 0.000509. The van der Waals surface area contributed by atoms with Crippen molar-refractivity contribution in [3.8, 4) is 0 Å². The number of halogens is 2. The summed E-state index contributed by atoms with van der Waals surface area (Å²) in [6.07, 6.45) is 4.15. The highest BCUT2D eigenvalue weighted by atomic mass is 19.3. The lowest BCUT2D eigenvalue weighted by Crippen LogP contribution is -2.54. The molecule has 1 saturated heterocycles. The fraction of sp³-hybridized carbons (Fsp3) is 1.00. The van der Waals surface area contributed by atoms with Crippen LogP contribution < -0.4 is 0 Å². The third kappa shape index (κ3) is 2.17. The Labute approximate surface area is 90.8 Å². The molecule has 2 aliphatic rings. The van der Waals surface area contributed by atoms with Gasteiger partial charge in [0.2, 0.25) is 0 Å². The summed E-state index contributed by atoms with van der Waals surface area (Å²) in [5, 5.41) is 0. The van der Waals surface area contributed by atoms with Crippen LogP contribution in [0.5, 0.6) is 0 Å². The minimum atomic E-state index is -2.47. The van der Waals surface area contributed by atoms with Gasteiger partial charge < -0.3 is 0 Å². The van der Waals surface area contributed by atoms with Gasteiger partial charge in [-0.2, -0.15) is 0 Å². The van der Waals surface area contributed by atoms with Crippen LogP contribution >= 0.6 is 0 Å². The molecule has 0 aromatic heterocycles. The second-order valence-electron chi connectivity index (χ2n) is 5.46. The highest BCUT2D eigenvalue weighted by Gasteiger charge is 2.47. The normalized spacial score (nSPS) is 33.0. The molecule has 1 nitrogen and oxygen atoms in total. The summed E-state index contributed by atoms with van der Waals surface area (Å²) in [6.45, 7) is 4.71. The van der Waals surface area contributed by atoms with Crippen LogP contribution in [-0.2, 0) is 0 Å². The van der Waals surface area contributed by atoms with E-state index in [1.165, 1.54) is 6.42 Å². The SMILES string of the molecule is CC(C)C1CCN(C2CCC2)CC1(F)F. The van der Waals surface area contributed by atoms with Gasteiger partial charge in [0.15, 0.2) is 0 Å². The summed E-state index contributed by atoms with van der Waals surface area (Å²) in [5.41, 5.74) is 0. The molecule has 0 bridgehead atoms. The Morgan fingerprint density at radius 1 is 1.20 bits per heavy atom. The van der Waals surface area contributed by atoms with Crippen molar-refractivity contribution < 1.29 is 8.78 Å². The van der Waals surface area contributed by atoms with Crippen LogP contribution in [0.25, 0.3) is 0 Å². The van der Waals surface area contributed by atoms with E-state index >= 15 is 0 Å². The number of hydrogen-bond donors (Lipinski definition) is 0.